The molecule has 1 unspecified atom stereocenters. The van der Waals surface area contributed by atoms with Crippen molar-refractivity contribution in [3.05, 3.63) is 59.2 Å². The summed E-state index contributed by atoms with van der Waals surface area (Å²) in [6, 6.07) is 9.78. The largest absolute Gasteiger partial charge is 0.350 e. The lowest BCUT2D eigenvalue weighted by Crippen LogP contribution is -2.20. The van der Waals surface area contributed by atoms with Crippen LogP contribution in [-0.2, 0) is 13.1 Å². The topological polar surface area (TPSA) is 17.0 Å². The zero-order valence-corrected chi connectivity index (χ0v) is 12.5. The summed E-state index contributed by atoms with van der Waals surface area (Å²) >= 11 is 0. The second-order valence-electron chi connectivity index (χ2n) is 5.30. The van der Waals surface area contributed by atoms with Crippen LogP contribution >= 0.6 is 0 Å². The Balaban J connectivity index is 1.99. The van der Waals surface area contributed by atoms with E-state index in [1.807, 2.05) is 12.1 Å². The Bertz CT molecular complexity index is 560. The maximum absolute atomic E-state index is 13.6. The summed E-state index contributed by atoms with van der Waals surface area (Å²) in [5.41, 5.74) is 2.95. The predicted molar refractivity (Wildman–Crippen MR) is 81.1 cm³/mol. The lowest BCUT2D eigenvalue weighted by atomic mass is 10.1. The third-order valence-electron chi connectivity index (χ3n) is 3.67. The number of benzene rings is 1. The third kappa shape index (κ3) is 3.48. The van der Waals surface area contributed by atoms with E-state index in [1.54, 1.807) is 13.0 Å². The van der Waals surface area contributed by atoms with Gasteiger partial charge in [0.2, 0.25) is 0 Å². The molecule has 0 spiro atoms. The highest BCUT2D eigenvalue weighted by atomic mass is 19.1. The molecule has 1 aromatic heterocycles. The van der Waals surface area contributed by atoms with E-state index >= 15 is 0 Å². The highest BCUT2D eigenvalue weighted by Crippen LogP contribution is 2.17. The van der Waals surface area contributed by atoms with Crippen molar-refractivity contribution in [1.29, 1.82) is 0 Å². The zero-order valence-electron chi connectivity index (χ0n) is 12.5. The molecule has 0 aliphatic rings. The number of aryl methyl sites for hydroxylation is 2. The molecular formula is C17H23FN2. The van der Waals surface area contributed by atoms with Gasteiger partial charge in [0.05, 0.1) is 0 Å². The lowest BCUT2D eigenvalue weighted by Gasteiger charge is -2.16. The van der Waals surface area contributed by atoms with Crippen LogP contribution in [0, 0.1) is 12.7 Å². The van der Waals surface area contributed by atoms with E-state index in [0.717, 1.165) is 25.1 Å². The van der Waals surface area contributed by atoms with Gasteiger partial charge >= 0.3 is 0 Å². The van der Waals surface area contributed by atoms with E-state index < -0.39 is 0 Å². The number of hydrogen-bond acceptors (Lipinski definition) is 1. The van der Waals surface area contributed by atoms with Crippen LogP contribution in [0.3, 0.4) is 0 Å². The molecule has 1 heterocycles. The van der Waals surface area contributed by atoms with Crippen molar-refractivity contribution in [2.45, 2.75) is 46.3 Å². The monoisotopic (exact) mass is 274 g/mol. The summed E-state index contributed by atoms with van der Waals surface area (Å²) in [5.74, 6) is -0.134. The van der Waals surface area contributed by atoms with E-state index in [9.17, 15) is 4.39 Å². The van der Waals surface area contributed by atoms with Gasteiger partial charge in [-0.2, -0.15) is 0 Å². The van der Waals surface area contributed by atoms with Crippen LogP contribution in [0.4, 0.5) is 4.39 Å². The molecule has 0 fully saturated rings. The number of nitrogens with zero attached hydrogens (tertiary/aromatic N) is 1. The molecule has 0 aliphatic heterocycles. The number of rotatable bonds is 6. The molecule has 0 amide bonds. The highest BCUT2D eigenvalue weighted by Gasteiger charge is 2.08. The van der Waals surface area contributed by atoms with Gasteiger partial charge < -0.3 is 9.88 Å². The molecule has 108 valence electrons. The van der Waals surface area contributed by atoms with E-state index in [1.165, 1.54) is 5.69 Å². The summed E-state index contributed by atoms with van der Waals surface area (Å²) in [6.45, 7) is 7.86. The lowest BCUT2D eigenvalue weighted by molar-refractivity contribution is 0.536. The highest BCUT2D eigenvalue weighted by molar-refractivity contribution is 5.25. The van der Waals surface area contributed by atoms with Gasteiger partial charge in [0.1, 0.15) is 5.82 Å². The van der Waals surface area contributed by atoms with Crippen molar-refractivity contribution in [3.63, 3.8) is 0 Å². The van der Waals surface area contributed by atoms with Crippen molar-refractivity contribution in [1.82, 2.24) is 9.88 Å². The van der Waals surface area contributed by atoms with E-state index in [0.29, 0.717) is 5.56 Å². The Morgan fingerprint density at radius 2 is 2.10 bits per heavy atom. The molecule has 0 saturated heterocycles. The minimum absolute atomic E-state index is 0.134. The molecule has 2 rings (SSSR count). The average Bonchev–Trinajstić information content (AvgIpc) is 2.87. The summed E-state index contributed by atoms with van der Waals surface area (Å²) in [4.78, 5) is 0. The van der Waals surface area contributed by atoms with Gasteiger partial charge in [-0.25, -0.2) is 4.39 Å². The predicted octanol–water partition coefficient (Wildman–Crippen LogP) is 4.20. The van der Waals surface area contributed by atoms with Crippen LogP contribution in [0.1, 0.15) is 43.1 Å². The maximum Gasteiger partial charge on any atom is 0.126 e. The van der Waals surface area contributed by atoms with E-state index in [-0.39, 0.29) is 11.9 Å². The summed E-state index contributed by atoms with van der Waals surface area (Å²) in [5, 5.41) is 3.46. The van der Waals surface area contributed by atoms with Gasteiger partial charge in [0.25, 0.3) is 0 Å². The Kier molecular flexibility index (Phi) is 4.96. The van der Waals surface area contributed by atoms with Gasteiger partial charge in [-0.1, -0.05) is 19.1 Å². The first-order valence-electron chi connectivity index (χ1n) is 7.25. The van der Waals surface area contributed by atoms with Gasteiger partial charge in [0, 0.05) is 31.0 Å². The van der Waals surface area contributed by atoms with E-state index in [4.69, 9.17) is 0 Å². The standard InChI is InChI=1S/C17H23FN2/c1-4-9-20-10-5-6-16(20)12-19-14(3)15-8-7-13(2)17(18)11-15/h5-8,10-11,14,19H,4,9,12H2,1-3H3. The quantitative estimate of drug-likeness (QED) is 0.835. The van der Waals surface area contributed by atoms with Gasteiger partial charge in [-0.05, 0) is 49.6 Å². The molecule has 1 atom stereocenters. The van der Waals surface area contributed by atoms with Crippen LogP contribution in [0.5, 0.6) is 0 Å². The SMILES string of the molecule is CCCn1cccc1CNC(C)c1ccc(C)c(F)c1. The zero-order chi connectivity index (χ0) is 14.5. The Morgan fingerprint density at radius 1 is 1.30 bits per heavy atom. The third-order valence-corrected chi connectivity index (χ3v) is 3.67. The fraction of sp³-hybridized carbons (Fsp3) is 0.412. The van der Waals surface area contributed by atoms with Crippen LogP contribution < -0.4 is 5.32 Å². The molecule has 20 heavy (non-hydrogen) atoms. The molecule has 0 bridgehead atoms. The van der Waals surface area contributed by atoms with Crippen LogP contribution in [0.15, 0.2) is 36.5 Å². The van der Waals surface area contributed by atoms with Gasteiger partial charge in [0.15, 0.2) is 0 Å². The molecule has 3 heteroatoms. The summed E-state index contributed by atoms with van der Waals surface area (Å²) in [6.07, 6.45) is 3.23. The normalized spacial score (nSPS) is 12.6. The van der Waals surface area contributed by atoms with Crippen molar-refractivity contribution in [2.75, 3.05) is 0 Å². The van der Waals surface area contributed by atoms with Crippen LogP contribution in [-0.4, -0.2) is 4.57 Å². The molecule has 0 aliphatic carbocycles. The van der Waals surface area contributed by atoms with Gasteiger partial charge in [-0.3, -0.25) is 0 Å². The van der Waals surface area contributed by atoms with Crippen molar-refractivity contribution < 1.29 is 4.39 Å². The Labute approximate surface area is 120 Å². The number of aromatic nitrogens is 1. The van der Waals surface area contributed by atoms with Crippen LogP contribution in [0.25, 0.3) is 0 Å². The second-order valence-corrected chi connectivity index (χ2v) is 5.30. The minimum Gasteiger partial charge on any atom is -0.350 e. The van der Waals surface area contributed by atoms with Crippen molar-refractivity contribution in [2.24, 2.45) is 0 Å². The Morgan fingerprint density at radius 3 is 2.80 bits per heavy atom. The first-order chi connectivity index (χ1) is 9.61. The van der Waals surface area contributed by atoms with Crippen molar-refractivity contribution >= 4 is 0 Å². The van der Waals surface area contributed by atoms with Crippen LogP contribution in [0.2, 0.25) is 0 Å². The molecule has 0 radical (unpaired) electrons. The van der Waals surface area contributed by atoms with E-state index in [2.05, 4.69) is 42.1 Å². The fourth-order valence-electron chi connectivity index (χ4n) is 2.32. The smallest absolute Gasteiger partial charge is 0.126 e. The van der Waals surface area contributed by atoms with Gasteiger partial charge in [-0.15, -0.1) is 0 Å². The minimum atomic E-state index is -0.134. The molecule has 1 N–H and O–H groups in total. The molecule has 2 nitrogen and oxygen atoms in total. The Hall–Kier alpha value is -1.61. The van der Waals surface area contributed by atoms with Crippen molar-refractivity contribution in [3.8, 4) is 0 Å². The summed E-state index contributed by atoms with van der Waals surface area (Å²) < 4.78 is 15.8. The second kappa shape index (κ2) is 6.71. The molecule has 0 saturated carbocycles. The molecule has 2 aromatic rings. The molecular weight excluding hydrogens is 251 g/mol. The molecule has 1 aromatic carbocycles. The number of hydrogen-bond donors (Lipinski definition) is 1. The number of halogens is 1. The fourth-order valence-corrected chi connectivity index (χ4v) is 2.32. The number of nitrogens with one attached hydrogen (secondary N) is 1. The average molecular weight is 274 g/mol. The first kappa shape index (κ1) is 14.8. The first-order valence-corrected chi connectivity index (χ1v) is 7.25. The summed E-state index contributed by atoms with van der Waals surface area (Å²) in [7, 11) is 0. The maximum atomic E-state index is 13.6.